The molecular formula is C12H9F5N2S. The number of nitrogens with zero attached hydrogens (tertiary/aromatic N) is 1. The summed E-state index contributed by atoms with van der Waals surface area (Å²) in [5, 5.41) is 2.79. The van der Waals surface area contributed by atoms with Crippen molar-refractivity contribution in [2.45, 2.75) is 12.6 Å². The third-order valence-electron chi connectivity index (χ3n) is 2.47. The summed E-state index contributed by atoms with van der Waals surface area (Å²) in [5.74, 6) is -1.35. The third kappa shape index (κ3) is 3.66. The molecular weight excluding hydrogens is 299 g/mol. The van der Waals surface area contributed by atoms with Crippen molar-refractivity contribution in [2.24, 2.45) is 0 Å². The number of anilines is 1. The largest absolute Gasteiger partial charge is 0.427 e. The molecule has 0 saturated carbocycles. The zero-order valence-electron chi connectivity index (χ0n) is 9.97. The summed E-state index contributed by atoms with van der Waals surface area (Å²) in [7, 11) is 0. The molecule has 0 spiro atoms. The summed E-state index contributed by atoms with van der Waals surface area (Å²) in [5.41, 5.74) is 0.284. The van der Waals surface area contributed by atoms with Crippen LogP contribution in [0.4, 0.5) is 27.1 Å². The van der Waals surface area contributed by atoms with E-state index in [1.54, 1.807) is 0 Å². The van der Waals surface area contributed by atoms with E-state index in [2.05, 4.69) is 10.3 Å². The van der Waals surface area contributed by atoms with Crippen molar-refractivity contribution in [3.63, 3.8) is 0 Å². The number of alkyl halides is 3. The summed E-state index contributed by atoms with van der Waals surface area (Å²) < 4.78 is 63.0. The first-order chi connectivity index (χ1) is 9.36. The normalized spacial score (nSPS) is 11.7. The van der Waals surface area contributed by atoms with Crippen LogP contribution in [0, 0.1) is 11.6 Å². The number of halogens is 5. The number of thiazole rings is 1. The minimum absolute atomic E-state index is 0.111. The lowest BCUT2D eigenvalue weighted by molar-refractivity contribution is -0.134. The molecule has 8 heteroatoms. The van der Waals surface area contributed by atoms with Crippen LogP contribution in [0.1, 0.15) is 10.4 Å². The van der Waals surface area contributed by atoms with Crippen molar-refractivity contribution in [2.75, 3.05) is 11.9 Å². The van der Waals surface area contributed by atoms with Crippen molar-refractivity contribution >= 4 is 16.5 Å². The van der Waals surface area contributed by atoms with E-state index < -0.39 is 22.7 Å². The van der Waals surface area contributed by atoms with Gasteiger partial charge in [0.15, 0.2) is 5.13 Å². The van der Waals surface area contributed by atoms with Gasteiger partial charge in [-0.25, -0.2) is 13.8 Å². The van der Waals surface area contributed by atoms with Crippen LogP contribution in [0.3, 0.4) is 0 Å². The Morgan fingerprint density at radius 1 is 1.20 bits per heavy atom. The highest BCUT2D eigenvalue weighted by molar-refractivity contribution is 7.15. The van der Waals surface area contributed by atoms with Crippen LogP contribution in [-0.2, 0) is 12.6 Å². The smallest absolute Gasteiger partial charge is 0.361 e. The van der Waals surface area contributed by atoms with Crippen LogP contribution in [0.25, 0.3) is 0 Å². The molecule has 0 unspecified atom stereocenters. The lowest BCUT2D eigenvalue weighted by atomic mass is 10.1. The molecule has 1 aromatic carbocycles. The highest BCUT2D eigenvalue weighted by atomic mass is 32.1. The molecule has 0 amide bonds. The topological polar surface area (TPSA) is 24.9 Å². The summed E-state index contributed by atoms with van der Waals surface area (Å²) in [6.45, 7) is 0.202. The van der Waals surface area contributed by atoms with Gasteiger partial charge >= 0.3 is 6.18 Å². The molecule has 20 heavy (non-hydrogen) atoms. The molecule has 1 N–H and O–H groups in total. The zero-order valence-corrected chi connectivity index (χ0v) is 10.8. The zero-order chi connectivity index (χ0) is 14.8. The van der Waals surface area contributed by atoms with Gasteiger partial charge in [-0.15, -0.1) is 0 Å². The van der Waals surface area contributed by atoms with Crippen LogP contribution in [0.2, 0.25) is 0 Å². The first-order valence-electron chi connectivity index (χ1n) is 5.57. The average Bonchev–Trinajstić information content (AvgIpc) is 2.80. The Balaban J connectivity index is 1.91. The number of aromatic nitrogens is 1. The van der Waals surface area contributed by atoms with Gasteiger partial charge in [-0.3, -0.25) is 0 Å². The van der Waals surface area contributed by atoms with Crippen molar-refractivity contribution < 1.29 is 22.0 Å². The molecule has 2 nitrogen and oxygen atoms in total. The highest BCUT2D eigenvalue weighted by Gasteiger charge is 2.33. The van der Waals surface area contributed by atoms with Crippen LogP contribution in [-0.4, -0.2) is 11.5 Å². The van der Waals surface area contributed by atoms with Crippen molar-refractivity contribution in [3.8, 4) is 0 Å². The number of hydrogen-bond donors (Lipinski definition) is 1. The fourth-order valence-corrected chi connectivity index (χ4v) is 2.22. The number of hydrogen-bond acceptors (Lipinski definition) is 3. The van der Waals surface area contributed by atoms with E-state index in [0.29, 0.717) is 11.3 Å². The van der Waals surface area contributed by atoms with Crippen molar-refractivity contribution in [1.82, 2.24) is 4.98 Å². The molecule has 108 valence electrons. The summed E-state index contributed by atoms with van der Waals surface area (Å²) in [6, 6.07) is 3.19. The fourth-order valence-electron chi connectivity index (χ4n) is 1.52. The van der Waals surface area contributed by atoms with Gasteiger partial charge in [0.25, 0.3) is 0 Å². The standard InChI is InChI=1S/C12H9F5N2S/c13-8-2-1-7(9(14)5-8)3-4-18-11-19-6-10(20-11)12(15,16)17/h1-2,5-6H,3-4H2,(H,18,19). The highest BCUT2D eigenvalue weighted by Crippen LogP contribution is 2.34. The maximum absolute atomic E-state index is 13.3. The Kier molecular flexibility index (Phi) is 4.22. The van der Waals surface area contributed by atoms with Gasteiger partial charge in [0.1, 0.15) is 16.5 Å². The van der Waals surface area contributed by atoms with Crippen LogP contribution < -0.4 is 5.32 Å². The molecule has 0 radical (unpaired) electrons. The van der Waals surface area contributed by atoms with Gasteiger partial charge < -0.3 is 5.32 Å². The Hall–Kier alpha value is -1.70. The van der Waals surface area contributed by atoms with E-state index in [9.17, 15) is 22.0 Å². The third-order valence-corrected chi connectivity index (χ3v) is 3.47. The minimum atomic E-state index is -4.42. The predicted molar refractivity (Wildman–Crippen MR) is 65.7 cm³/mol. The quantitative estimate of drug-likeness (QED) is 0.860. The fraction of sp³-hybridized carbons (Fsp3) is 0.250. The number of nitrogens with one attached hydrogen (secondary N) is 1. The summed E-state index contributed by atoms with van der Waals surface area (Å²) in [6.07, 6.45) is -3.46. The van der Waals surface area contributed by atoms with Crippen LogP contribution in [0.5, 0.6) is 0 Å². The van der Waals surface area contributed by atoms with E-state index in [1.165, 1.54) is 6.07 Å². The number of benzene rings is 1. The molecule has 0 aliphatic rings. The minimum Gasteiger partial charge on any atom is -0.361 e. The van der Waals surface area contributed by atoms with Gasteiger partial charge in [0, 0.05) is 12.6 Å². The SMILES string of the molecule is Fc1ccc(CCNc2ncc(C(F)(F)F)s2)c(F)c1. The molecule has 2 rings (SSSR count). The maximum atomic E-state index is 13.3. The van der Waals surface area contributed by atoms with Crippen LogP contribution >= 0.6 is 11.3 Å². The molecule has 0 aliphatic heterocycles. The lowest BCUT2D eigenvalue weighted by Gasteiger charge is -2.04. The maximum Gasteiger partial charge on any atom is 0.427 e. The molecule has 0 atom stereocenters. The van der Waals surface area contributed by atoms with Gasteiger partial charge in [0.2, 0.25) is 0 Å². The molecule has 1 aromatic heterocycles. The molecule has 0 bridgehead atoms. The van der Waals surface area contributed by atoms with Gasteiger partial charge in [0.05, 0.1) is 6.20 Å². The average molecular weight is 308 g/mol. The predicted octanol–water partition coefficient (Wildman–Crippen LogP) is 4.09. The Morgan fingerprint density at radius 3 is 2.55 bits per heavy atom. The second-order valence-electron chi connectivity index (χ2n) is 3.94. The Bertz CT molecular complexity index is 594. The molecule has 0 aliphatic carbocycles. The van der Waals surface area contributed by atoms with Crippen LogP contribution in [0.15, 0.2) is 24.4 Å². The molecule has 1 heterocycles. The second-order valence-corrected chi connectivity index (χ2v) is 4.97. The Labute approximate surface area is 115 Å². The van der Waals surface area contributed by atoms with E-state index in [1.807, 2.05) is 0 Å². The van der Waals surface area contributed by atoms with Crippen molar-refractivity contribution in [1.29, 1.82) is 0 Å². The lowest BCUT2D eigenvalue weighted by Crippen LogP contribution is -2.06. The first kappa shape index (κ1) is 14.7. The van der Waals surface area contributed by atoms with E-state index in [0.717, 1.165) is 18.3 Å². The second kappa shape index (κ2) is 5.74. The van der Waals surface area contributed by atoms with Gasteiger partial charge in [-0.05, 0) is 18.1 Å². The number of rotatable bonds is 4. The first-order valence-corrected chi connectivity index (χ1v) is 6.39. The molecule has 0 saturated heterocycles. The summed E-state index contributed by atoms with van der Waals surface area (Å²) >= 11 is 0.481. The van der Waals surface area contributed by atoms with E-state index in [-0.39, 0.29) is 23.7 Å². The molecule has 2 aromatic rings. The van der Waals surface area contributed by atoms with Gasteiger partial charge in [-0.2, -0.15) is 13.2 Å². The Morgan fingerprint density at radius 2 is 1.95 bits per heavy atom. The van der Waals surface area contributed by atoms with E-state index >= 15 is 0 Å². The van der Waals surface area contributed by atoms with Crippen molar-refractivity contribution in [3.05, 3.63) is 46.5 Å². The molecule has 0 fully saturated rings. The summed E-state index contributed by atoms with van der Waals surface area (Å²) in [4.78, 5) is 2.79. The monoisotopic (exact) mass is 308 g/mol. The van der Waals surface area contributed by atoms with E-state index in [4.69, 9.17) is 0 Å². The van der Waals surface area contributed by atoms with Gasteiger partial charge in [-0.1, -0.05) is 17.4 Å².